The van der Waals surface area contributed by atoms with Crippen LogP contribution in [0.5, 0.6) is 5.75 Å². The first-order valence-electron chi connectivity index (χ1n) is 7.18. The van der Waals surface area contributed by atoms with Gasteiger partial charge >= 0.3 is 0 Å². The summed E-state index contributed by atoms with van der Waals surface area (Å²) in [5.41, 5.74) is 2.50. The molecule has 1 aromatic heterocycles. The molecule has 0 N–H and O–H groups in total. The number of nitrogens with zero attached hydrogens (tertiary/aromatic N) is 2. The predicted octanol–water partition coefficient (Wildman–Crippen LogP) is 3.81. The number of aromatic nitrogens is 2. The van der Waals surface area contributed by atoms with Crippen LogP contribution in [-0.2, 0) is 12.8 Å². The number of methoxy groups -OCH3 is 1. The van der Waals surface area contributed by atoms with Crippen molar-refractivity contribution in [3.63, 3.8) is 0 Å². The minimum atomic E-state index is -0.305. The molecular weight excluding hydrogens is 279 g/mol. The van der Waals surface area contributed by atoms with E-state index in [9.17, 15) is 4.39 Å². The smallest absolute Gasteiger partial charge is 0.219 e. The van der Waals surface area contributed by atoms with Gasteiger partial charge in [0.25, 0.3) is 0 Å². The van der Waals surface area contributed by atoms with E-state index in [4.69, 9.17) is 4.74 Å². The van der Waals surface area contributed by atoms with Crippen molar-refractivity contribution in [3.8, 4) is 11.4 Å². The maximum atomic E-state index is 14.5. The third-order valence-electron chi connectivity index (χ3n) is 3.62. The predicted molar refractivity (Wildman–Crippen MR) is 83.9 cm³/mol. The number of rotatable bonds is 5. The number of aryl methyl sites for hydroxylation is 2. The molecule has 0 bridgehead atoms. The summed E-state index contributed by atoms with van der Waals surface area (Å²) >= 11 is 0. The Bertz CT molecular complexity index is 736. The first-order chi connectivity index (χ1) is 10.8. The van der Waals surface area contributed by atoms with Crippen LogP contribution in [0.4, 0.5) is 4.39 Å². The standard InChI is InChI=1S/C18H17FN2O/c1-22-17-11-9-16(10-12-17)21-18(19)15(13-20-21)8-7-14-5-3-2-4-6-14/h2-6,9-13H,7-8H2,1H3. The molecule has 3 rings (SSSR count). The van der Waals surface area contributed by atoms with Crippen LogP contribution in [0.15, 0.2) is 60.8 Å². The molecule has 0 aliphatic rings. The third-order valence-corrected chi connectivity index (χ3v) is 3.62. The minimum absolute atomic E-state index is 0.305. The first kappa shape index (κ1) is 14.3. The van der Waals surface area contributed by atoms with Crippen molar-refractivity contribution >= 4 is 0 Å². The van der Waals surface area contributed by atoms with Crippen LogP contribution in [-0.4, -0.2) is 16.9 Å². The molecule has 4 heteroatoms. The number of hydrogen-bond acceptors (Lipinski definition) is 2. The quantitative estimate of drug-likeness (QED) is 0.716. The molecule has 0 amide bonds. The van der Waals surface area contributed by atoms with Gasteiger partial charge in [-0.05, 0) is 42.7 Å². The molecule has 0 aliphatic carbocycles. The molecule has 0 aliphatic heterocycles. The summed E-state index contributed by atoms with van der Waals surface area (Å²) < 4.78 is 20.9. The van der Waals surface area contributed by atoms with E-state index < -0.39 is 0 Å². The summed E-state index contributed by atoms with van der Waals surface area (Å²) in [6.07, 6.45) is 3.03. The molecule has 1 heterocycles. The fourth-order valence-corrected chi connectivity index (χ4v) is 2.36. The molecule has 22 heavy (non-hydrogen) atoms. The van der Waals surface area contributed by atoms with Gasteiger partial charge in [-0.2, -0.15) is 9.49 Å². The molecule has 0 spiro atoms. The molecule has 0 atom stereocenters. The monoisotopic (exact) mass is 296 g/mol. The van der Waals surface area contributed by atoms with Crippen molar-refractivity contribution in [2.45, 2.75) is 12.8 Å². The number of benzene rings is 2. The fraction of sp³-hybridized carbons (Fsp3) is 0.167. The zero-order valence-corrected chi connectivity index (χ0v) is 12.4. The van der Waals surface area contributed by atoms with Crippen molar-refractivity contribution in [3.05, 3.63) is 77.9 Å². The molecule has 0 unspecified atom stereocenters. The molecule has 0 radical (unpaired) electrons. The van der Waals surface area contributed by atoms with E-state index in [1.54, 1.807) is 37.6 Å². The maximum absolute atomic E-state index is 14.5. The van der Waals surface area contributed by atoms with Crippen LogP contribution in [0.1, 0.15) is 11.1 Å². The lowest BCUT2D eigenvalue weighted by Gasteiger charge is -2.04. The highest BCUT2D eigenvalue weighted by molar-refractivity contribution is 5.37. The van der Waals surface area contributed by atoms with Gasteiger partial charge in [0.2, 0.25) is 5.95 Å². The van der Waals surface area contributed by atoms with E-state index >= 15 is 0 Å². The summed E-state index contributed by atoms with van der Waals surface area (Å²) in [6.45, 7) is 0. The van der Waals surface area contributed by atoms with Crippen LogP contribution in [0.2, 0.25) is 0 Å². The highest BCUT2D eigenvalue weighted by Crippen LogP contribution is 2.18. The van der Waals surface area contributed by atoms with Gasteiger partial charge < -0.3 is 4.74 Å². The van der Waals surface area contributed by atoms with E-state index in [1.807, 2.05) is 30.3 Å². The Balaban J connectivity index is 1.76. The lowest BCUT2D eigenvalue weighted by molar-refractivity contribution is 0.414. The number of ether oxygens (including phenoxy) is 1. The summed E-state index contributed by atoms with van der Waals surface area (Å²) in [5, 5.41) is 4.15. The summed E-state index contributed by atoms with van der Waals surface area (Å²) in [6, 6.07) is 17.2. The highest BCUT2D eigenvalue weighted by Gasteiger charge is 2.12. The highest BCUT2D eigenvalue weighted by atomic mass is 19.1. The Hall–Kier alpha value is -2.62. The average molecular weight is 296 g/mol. The van der Waals surface area contributed by atoms with Gasteiger partial charge in [0.15, 0.2) is 0 Å². The maximum Gasteiger partial charge on any atom is 0.219 e. The molecular formula is C18H17FN2O. The zero-order chi connectivity index (χ0) is 15.4. The van der Waals surface area contributed by atoms with Gasteiger partial charge in [-0.25, -0.2) is 4.68 Å². The lowest BCUT2D eigenvalue weighted by Crippen LogP contribution is -2.01. The van der Waals surface area contributed by atoms with Gasteiger partial charge in [0.1, 0.15) is 5.75 Å². The van der Waals surface area contributed by atoms with Crippen molar-refractivity contribution in [1.82, 2.24) is 9.78 Å². The largest absolute Gasteiger partial charge is 0.497 e. The number of hydrogen-bond donors (Lipinski definition) is 0. The van der Waals surface area contributed by atoms with Crippen LogP contribution >= 0.6 is 0 Å². The topological polar surface area (TPSA) is 27.1 Å². The molecule has 112 valence electrons. The van der Waals surface area contributed by atoms with E-state index in [-0.39, 0.29) is 5.95 Å². The average Bonchev–Trinajstić information content (AvgIpc) is 2.95. The van der Waals surface area contributed by atoms with Crippen LogP contribution in [0.3, 0.4) is 0 Å². The molecule has 0 fully saturated rings. The molecule has 2 aromatic carbocycles. The van der Waals surface area contributed by atoms with Crippen LogP contribution in [0.25, 0.3) is 5.69 Å². The second kappa shape index (κ2) is 6.43. The third kappa shape index (κ3) is 3.01. The van der Waals surface area contributed by atoms with Crippen molar-refractivity contribution in [2.75, 3.05) is 7.11 Å². The summed E-state index contributed by atoms with van der Waals surface area (Å²) in [4.78, 5) is 0. The van der Waals surface area contributed by atoms with Crippen molar-refractivity contribution in [2.24, 2.45) is 0 Å². The summed E-state index contributed by atoms with van der Waals surface area (Å²) in [5.74, 6) is 0.432. The van der Waals surface area contributed by atoms with Gasteiger partial charge in [-0.15, -0.1) is 0 Å². The second-order valence-corrected chi connectivity index (χ2v) is 5.06. The van der Waals surface area contributed by atoms with E-state index in [0.29, 0.717) is 17.7 Å². The number of halogens is 1. The van der Waals surface area contributed by atoms with Gasteiger partial charge in [-0.1, -0.05) is 30.3 Å². The van der Waals surface area contributed by atoms with E-state index in [1.165, 1.54) is 10.2 Å². The van der Waals surface area contributed by atoms with Gasteiger partial charge in [0.05, 0.1) is 19.0 Å². The SMILES string of the molecule is COc1ccc(-n2ncc(CCc3ccccc3)c2F)cc1. The first-order valence-corrected chi connectivity index (χ1v) is 7.18. The van der Waals surface area contributed by atoms with Crippen LogP contribution in [0, 0.1) is 5.95 Å². The van der Waals surface area contributed by atoms with Crippen molar-refractivity contribution in [1.29, 1.82) is 0 Å². The van der Waals surface area contributed by atoms with Gasteiger partial charge in [0, 0.05) is 5.56 Å². The fourth-order valence-electron chi connectivity index (χ4n) is 2.36. The zero-order valence-electron chi connectivity index (χ0n) is 12.4. The Morgan fingerprint density at radius 3 is 2.41 bits per heavy atom. The van der Waals surface area contributed by atoms with Crippen LogP contribution < -0.4 is 4.74 Å². The molecule has 3 nitrogen and oxygen atoms in total. The summed E-state index contributed by atoms with van der Waals surface area (Å²) in [7, 11) is 1.60. The van der Waals surface area contributed by atoms with Crippen molar-refractivity contribution < 1.29 is 9.13 Å². The normalized spacial score (nSPS) is 10.6. The van der Waals surface area contributed by atoms with E-state index in [2.05, 4.69) is 5.10 Å². The molecule has 3 aromatic rings. The Kier molecular flexibility index (Phi) is 4.19. The molecule has 0 saturated heterocycles. The second-order valence-electron chi connectivity index (χ2n) is 5.06. The Labute approximate surface area is 129 Å². The van der Waals surface area contributed by atoms with E-state index in [0.717, 1.165) is 12.2 Å². The lowest BCUT2D eigenvalue weighted by atomic mass is 10.1. The van der Waals surface area contributed by atoms with Gasteiger partial charge in [-0.3, -0.25) is 0 Å². The Morgan fingerprint density at radius 2 is 1.73 bits per heavy atom. The molecule has 0 saturated carbocycles. The minimum Gasteiger partial charge on any atom is -0.497 e. The Morgan fingerprint density at radius 1 is 1.00 bits per heavy atom.